The molecule has 138 valence electrons. The number of thiophene rings is 1. The maximum Gasteiger partial charge on any atom is 0.338 e. The Labute approximate surface area is 165 Å². The number of hydrogen-bond acceptors (Lipinski definition) is 4. The van der Waals surface area contributed by atoms with Crippen LogP contribution in [0, 0.1) is 11.3 Å². The van der Waals surface area contributed by atoms with E-state index in [2.05, 4.69) is 6.07 Å². The van der Waals surface area contributed by atoms with Crippen molar-refractivity contribution in [3.63, 3.8) is 0 Å². The maximum absolute atomic E-state index is 11.9. The van der Waals surface area contributed by atoms with E-state index in [0.29, 0.717) is 21.5 Å². The average Bonchev–Trinajstić information content (AvgIpc) is 3.30. The van der Waals surface area contributed by atoms with Crippen LogP contribution in [-0.4, -0.2) is 20.7 Å². The van der Waals surface area contributed by atoms with Gasteiger partial charge in [0.2, 0.25) is 0 Å². The fourth-order valence-electron chi connectivity index (χ4n) is 3.58. The number of para-hydroxylation sites is 1. The Morgan fingerprint density at radius 3 is 2.54 bits per heavy atom. The van der Waals surface area contributed by atoms with Gasteiger partial charge in [-0.25, -0.2) is 4.79 Å². The minimum atomic E-state index is -1.09. The minimum Gasteiger partial charge on any atom is -0.478 e. The number of aromatic nitrogens is 1. The van der Waals surface area contributed by atoms with Gasteiger partial charge in [0.25, 0.3) is 0 Å². The largest absolute Gasteiger partial charge is 0.478 e. The molecule has 0 fully saturated rings. The molecule has 0 radical (unpaired) electrons. The lowest BCUT2D eigenvalue weighted by Gasteiger charge is -2.15. The molecular formula is C22H16N2O3S. The molecule has 0 aliphatic heterocycles. The van der Waals surface area contributed by atoms with Gasteiger partial charge in [-0.05, 0) is 28.6 Å². The number of carbonyl (C=O) groups is 1. The maximum atomic E-state index is 11.9. The zero-order valence-corrected chi connectivity index (χ0v) is 15.8. The Kier molecular flexibility index (Phi) is 4.47. The molecule has 0 amide bonds. The first-order valence-corrected chi connectivity index (χ1v) is 9.47. The van der Waals surface area contributed by atoms with Gasteiger partial charge in [-0.1, -0.05) is 42.5 Å². The zero-order chi connectivity index (χ0) is 19.8. The van der Waals surface area contributed by atoms with E-state index in [-0.39, 0.29) is 5.56 Å². The highest BCUT2D eigenvalue weighted by Gasteiger charge is 2.26. The molecule has 6 heteroatoms. The second-order valence-corrected chi connectivity index (χ2v) is 7.36. The molecule has 2 heterocycles. The summed E-state index contributed by atoms with van der Waals surface area (Å²) in [5, 5.41) is 32.4. The van der Waals surface area contributed by atoms with Crippen molar-refractivity contribution in [3.05, 3.63) is 81.7 Å². The summed E-state index contributed by atoms with van der Waals surface area (Å²) >= 11 is 1.38. The van der Waals surface area contributed by atoms with E-state index in [1.165, 1.54) is 11.3 Å². The van der Waals surface area contributed by atoms with Gasteiger partial charge in [-0.15, -0.1) is 11.3 Å². The van der Waals surface area contributed by atoms with Gasteiger partial charge in [-0.2, -0.15) is 5.26 Å². The van der Waals surface area contributed by atoms with Gasteiger partial charge in [0, 0.05) is 23.5 Å². The van der Waals surface area contributed by atoms with E-state index in [0.717, 1.165) is 16.6 Å². The highest BCUT2D eigenvalue weighted by Crippen LogP contribution is 2.34. The molecule has 0 saturated carbocycles. The Balaban J connectivity index is 1.79. The van der Waals surface area contributed by atoms with Gasteiger partial charge >= 0.3 is 5.97 Å². The second kappa shape index (κ2) is 6.97. The van der Waals surface area contributed by atoms with Crippen LogP contribution in [0.15, 0.2) is 60.0 Å². The van der Waals surface area contributed by atoms with Crippen LogP contribution in [0.1, 0.15) is 32.6 Å². The Bertz CT molecular complexity index is 1230. The molecule has 4 aromatic rings. The molecule has 0 saturated heterocycles. The van der Waals surface area contributed by atoms with Gasteiger partial charge in [0.1, 0.15) is 17.1 Å². The van der Waals surface area contributed by atoms with Crippen LogP contribution < -0.4 is 0 Å². The summed E-state index contributed by atoms with van der Waals surface area (Å²) in [4.78, 5) is 12.5. The molecule has 1 atom stereocenters. The molecule has 28 heavy (non-hydrogen) atoms. The van der Waals surface area contributed by atoms with E-state index >= 15 is 0 Å². The number of benzene rings is 2. The lowest BCUT2D eigenvalue weighted by atomic mass is 9.99. The number of nitriles is 1. The highest BCUT2D eigenvalue weighted by atomic mass is 32.1. The standard InChI is InChI=1S/C22H16N2O3S/c1-24-17-5-3-2-4-16(17)19(22(26)27)20(24)21(25)14-8-6-13(7-9-14)15-10-11-28-18(15)12-23/h2-11,21,25H,1H3,(H,26,27). The SMILES string of the molecule is Cn1c(C(O)c2ccc(-c3ccsc3C#N)cc2)c(C(=O)O)c2ccccc21. The van der Waals surface area contributed by atoms with Crippen molar-refractivity contribution in [1.82, 2.24) is 4.57 Å². The lowest BCUT2D eigenvalue weighted by molar-refractivity contribution is 0.0692. The molecule has 2 aromatic carbocycles. The number of carboxylic acids is 1. The first-order chi connectivity index (χ1) is 13.5. The van der Waals surface area contributed by atoms with Crippen molar-refractivity contribution in [2.24, 2.45) is 7.05 Å². The predicted octanol–water partition coefficient (Wildman–Crippen LogP) is 4.56. The first kappa shape index (κ1) is 18.0. The smallest absolute Gasteiger partial charge is 0.338 e. The van der Waals surface area contributed by atoms with E-state index in [1.807, 2.05) is 35.7 Å². The highest BCUT2D eigenvalue weighted by molar-refractivity contribution is 7.11. The van der Waals surface area contributed by atoms with Gasteiger partial charge in [0.15, 0.2) is 0 Å². The first-order valence-electron chi connectivity index (χ1n) is 8.59. The molecule has 0 aliphatic carbocycles. The van der Waals surface area contributed by atoms with E-state index in [4.69, 9.17) is 0 Å². The summed E-state index contributed by atoms with van der Waals surface area (Å²) in [5.74, 6) is -1.07. The van der Waals surface area contributed by atoms with Crippen LogP contribution in [0.25, 0.3) is 22.0 Å². The normalized spacial score (nSPS) is 12.0. The minimum absolute atomic E-state index is 0.110. The quantitative estimate of drug-likeness (QED) is 0.537. The van der Waals surface area contributed by atoms with Crippen molar-refractivity contribution in [3.8, 4) is 17.2 Å². The molecule has 0 spiro atoms. The molecule has 5 nitrogen and oxygen atoms in total. The van der Waals surface area contributed by atoms with E-state index in [1.54, 1.807) is 35.9 Å². The summed E-state index contributed by atoms with van der Waals surface area (Å²) in [6.07, 6.45) is -1.09. The molecule has 1 unspecified atom stereocenters. The van der Waals surface area contributed by atoms with Crippen LogP contribution in [0.4, 0.5) is 0 Å². The second-order valence-electron chi connectivity index (χ2n) is 6.44. The summed E-state index contributed by atoms with van der Waals surface area (Å²) in [6.45, 7) is 0. The fraction of sp³-hybridized carbons (Fsp3) is 0.0909. The van der Waals surface area contributed by atoms with Gasteiger partial charge in [-0.3, -0.25) is 0 Å². The number of aliphatic hydroxyl groups excluding tert-OH is 1. The molecule has 4 rings (SSSR count). The average molecular weight is 388 g/mol. The Morgan fingerprint density at radius 1 is 1.14 bits per heavy atom. The third-order valence-electron chi connectivity index (χ3n) is 4.93. The van der Waals surface area contributed by atoms with Crippen molar-refractivity contribution < 1.29 is 15.0 Å². The van der Waals surface area contributed by atoms with Crippen LogP contribution in [-0.2, 0) is 7.05 Å². The monoisotopic (exact) mass is 388 g/mol. The number of aromatic carboxylic acids is 1. The number of aryl methyl sites for hydroxylation is 1. The number of rotatable bonds is 4. The molecule has 2 N–H and O–H groups in total. The van der Waals surface area contributed by atoms with Crippen molar-refractivity contribution in [1.29, 1.82) is 5.26 Å². The number of fused-ring (bicyclic) bond motifs is 1. The van der Waals surface area contributed by atoms with Crippen molar-refractivity contribution in [2.75, 3.05) is 0 Å². The number of nitrogens with zero attached hydrogens (tertiary/aromatic N) is 2. The summed E-state index contributed by atoms with van der Waals surface area (Å²) in [7, 11) is 1.76. The Morgan fingerprint density at radius 2 is 1.86 bits per heavy atom. The third-order valence-corrected chi connectivity index (χ3v) is 5.75. The molecule has 0 bridgehead atoms. The summed E-state index contributed by atoms with van der Waals surface area (Å²) in [6, 6.07) is 18.5. The fourth-order valence-corrected chi connectivity index (χ4v) is 4.29. The summed E-state index contributed by atoms with van der Waals surface area (Å²) in [5.41, 5.74) is 3.52. The number of carboxylic acid groups (broad SMARTS) is 1. The van der Waals surface area contributed by atoms with Gasteiger partial charge < -0.3 is 14.8 Å². The van der Waals surface area contributed by atoms with E-state index < -0.39 is 12.1 Å². The van der Waals surface area contributed by atoms with Crippen LogP contribution in [0.2, 0.25) is 0 Å². The number of hydrogen-bond donors (Lipinski definition) is 2. The molecular weight excluding hydrogens is 372 g/mol. The zero-order valence-electron chi connectivity index (χ0n) is 15.0. The predicted molar refractivity (Wildman–Crippen MR) is 108 cm³/mol. The molecule has 2 aromatic heterocycles. The van der Waals surface area contributed by atoms with Crippen molar-refractivity contribution in [2.45, 2.75) is 6.10 Å². The Hall–Kier alpha value is -3.40. The van der Waals surface area contributed by atoms with Gasteiger partial charge in [0.05, 0.1) is 11.3 Å². The lowest BCUT2D eigenvalue weighted by Crippen LogP contribution is -2.11. The van der Waals surface area contributed by atoms with Crippen molar-refractivity contribution >= 4 is 28.2 Å². The van der Waals surface area contributed by atoms with Crippen LogP contribution >= 0.6 is 11.3 Å². The van der Waals surface area contributed by atoms with Crippen LogP contribution in [0.5, 0.6) is 0 Å². The number of aliphatic hydroxyl groups is 1. The van der Waals surface area contributed by atoms with Crippen LogP contribution in [0.3, 0.4) is 0 Å². The topological polar surface area (TPSA) is 86.3 Å². The third kappa shape index (κ3) is 2.78. The summed E-state index contributed by atoms with van der Waals surface area (Å²) < 4.78 is 1.73. The molecule has 0 aliphatic rings. The van der Waals surface area contributed by atoms with E-state index in [9.17, 15) is 20.3 Å².